The van der Waals surface area contributed by atoms with Crippen LogP contribution in [0.1, 0.15) is 26.2 Å². The molecule has 0 aliphatic carbocycles. The van der Waals surface area contributed by atoms with Gasteiger partial charge in [-0.25, -0.2) is 0 Å². The number of rotatable bonds is 5. The van der Waals surface area contributed by atoms with Crippen LogP contribution in [0.4, 0.5) is 0 Å². The molecular formula is C7H16N2. The Morgan fingerprint density at radius 3 is 2.67 bits per heavy atom. The number of unbranched alkanes of at least 4 members (excludes halogenated alkanes) is 1. The molecule has 0 spiro atoms. The lowest BCUT2D eigenvalue weighted by molar-refractivity contribution is 0.603. The standard InChI is InChI=1S/C7H16N2/c1-7(8)5-3-4-6-9-2/h7H,2-6,8H2,1H3. The van der Waals surface area contributed by atoms with Crippen LogP contribution in [0.3, 0.4) is 0 Å². The van der Waals surface area contributed by atoms with Crippen LogP contribution in [0.25, 0.3) is 0 Å². The van der Waals surface area contributed by atoms with E-state index in [0.29, 0.717) is 6.04 Å². The number of nitrogens with zero attached hydrogens (tertiary/aromatic N) is 1. The van der Waals surface area contributed by atoms with E-state index in [9.17, 15) is 0 Å². The Bertz CT molecular complexity index is 69.3. The van der Waals surface area contributed by atoms with E-state index in [4.69, 9.17) is 5.73 Å². The van der Waals surface area contributed by atoms with Crippen molar-refractivity contribution < 1.29 is 0 Å². The van der Waals surface area contributed by atoms with E-state index in [-0.39, 0.29) is 0 Å². The van der Waals surface area contributed by atoms with Crippen molar-refractivity contribution in [3.8, 4) is 0 Å². The van der Waals surface area contributed by atoms with E-state index in [1.165, 1.54) is 6.42 Å². The largest absolute Gasteiger partial charge is 0.328 e. The normalized spacial score (nSPS) is 13.1. The minimum atomic E-state index is 0.342. The Kier molecular flexibility index (Phi) is 5.52. The van der Waals surface area contributed by atoms with Gasteiger partial charge in [-0.2, -0.15) is 0 Å². The van der Waals surface area contributed by atoms with Crippen molar-refractivity contribution in [3.63, 3.8) is 0 Å². The number of aliphatic imine (C=N–C) groups is 1. The van der Waals surface area contributed by atoms with E-state index in [2.05, 4.69) is 11.7 Å². The molecule has 0 radical (unpaired) electrons. The van der Waals surface area contributed by atoms with Crippen molar-refractivity contribution in [1.82, 2.24) is 0 Å². The third-order valence-corrected chi connectivity index (χ3v) is 1.23. The van der Waals surface area contributed by atoms with Crippen LogP contribution in [0.15, 0.2) is 4.99 Å². The van der Waals surface area contributed by atoms with Crippen LogP contribution >= 0.6 is 0 Å². The van der Waals surface area contributed by atoms with Gasteiger partial charge in [0.25, 0.3) is 0 Å². The molecule has 54 valence electrons. The molecule has 0 saturated carbocycles. The van der Waals surface area contributed by atoms with Crippen molar-refractivity contribution in [1.29, 1.82) is 0 Å². The molecule has 1 atom stereocenters. The Morgan fingerprint density at radius 1 is 1.56 bits per heavy atom. The molecule has 0 rings (SSSR count). The van der Waals surface area contributed by atoms with E-state index in [1.807, 2.05) is 6.92 Å². The number of nitrogens with two attached hydrogens (primary N) is 1. The first kappa shape index (κ1) is 8.63. The maximum Gasteiger partial charge on any atom is 0.0382 e. The predicted molar refractivity (Wildman–Crippen MR) is 41.9 cm³/mol. The van der Waals surface area contributed by atoms with Gasteiger partial charge in [-0.15, -0.1) is 0 Å². The fraction of sp³-hybridized carbons (Fsp3) is 0.857. The number of hydrogen-bond donors (Lipinski definition) is 1. The molecule has 0 aliphatic heterocycles. The van der Waals surface area contributed by atoms with Gasteiger partial charge >= 0.3 is 0 Å². The zero-order chi connectivity index (χ0) is 7.11. The van der Waals surface area contributed by atoms with Gasteiger partial charge in [-0.3, -0.25) is 0 Å². The molecule has 0 heterocycles. The molecule has 2 nitrogen and oxygen atoms in total. The average molecular weight is 128 g/mol. The molecule has 0 fully saturated rings. The lowest BCUT2D eigenvalue weighted by Gasteiger charge is -2.01. The maximum atomic E-state index is 5.53. The highest BCUT2D eigenvalue weighted by atomic mass is 14.7. The smallest absolute Gasteiger partial charge is 0.0382 e. The zero-order valence-electron chi connectivity index (χ0n) is 6.14. The first-order valence-electron chi connectivity index (χ1n) is 3.45. The topological polar surface area (TPSA) is 38.4 Å². The number of hydrogen-bond acceptors (Lipinski definition) is 2. The van der Waals surface area contributed by atoms with Crippen LogP contribution in [0.2, 0.25) is 0 Å². The van der Waals surface area contributed by atoms with Gasteiger partial charge in [0.1, 0.15) is 0 Å². The molecule has 0 amide bonds. The van der Waals surface area contributed by atoms with Gasteiger partial charge < -0.3 is 10.7 Å². The second kappa shape index (κ2) is 5.76. The highest BCUT2D eigenvalue weighted by molar-refractivity contribution is 5.22. The van der Waals surface area contributed by atoms with E-state index >= 15 is 0 Å². The van der Waals surface area contributed by atoms with E-state index in [1.54, 1.807) is 0 Å². The zero-order valence-corrected chi connectivity index (χ0v) is 6.14. The average Bonchev–Trinajstić information content (AvgIpc) is 1.80. The molecule has 2 heteroatoms. The summed E-state index contributed by atoms with van der Waals surface area (Å²) >= 11 is 0. The minimum Gasteiger partial charge on any atom is -0.328 e. The monoisotopic (exact) mass is 128 g/mol. The molecule has 0 bridgehead atoms. The third-order valence-electron chi connectivity index (χ3n) is 1.23. The van der Waals surface area contributed by atoms with Crippen LogP contribution in [0.5, 0.6) is 0 Å². The van der Waals surface area contributed by atoms with Crippen molar-refractivity contribution in [2.24, 2.45) is 10.7 Å². The van der Waals surface area contributed by atoms with Crippen LogP contribution in [-0.2, 0) is 0 Å². The summed E-state index contributed by atoms with van der Waals surface area (Å²) in [6.45, 7) is 6.31. The molecule has 0 saturated heterocycles. The van der Waals surface area contributed by atoms with E-state index < -0.39 is 0 Å². The van der Waals surface area contributed by atoms with Gasteiger partial charge in [0.2, 0.25) is 0 Å². The van der Waals surface area contributed by atoms with Crippen molar-refractivity contribution >= 4 is 6.72 Å². The van der Waals surface area contributed by atoms with Crippen molar-refractivity contribution in [2.75, 3.05) is 6.54 Å². The Hall–Kier alpha value is -0.370. The van der Waals surface area contributed by atoms with Crippen LogP contribution in [0, 0.1) is 0 Å². The molecule has 0 aromatic rings. The van der Waals surface area contributed by atoms with E-state index in [0.717, 1.165) is 19.4 Å². The van der Waals surface area contributed by atoms with Gasteiger partial charge in [0, 0.05) is 12.6 Å². The lowest BCUT2D eigenvalue weighted by atomic mass is 10.1. The summed E-state index contributed by atoms with van der Waals surface area (Å²) in [5, 5.41) is 0. The van der Waals surface area contributed by atoms with Gasteiger partial charge in [-0.1, -0.05) is 6.42 Å². The van der Waals surface area contributed by atoms with Crippen LogP contribution < -0.4 is 5.73 Å². The molecular weight excluding hydrogens is 112 g/mol. The summed E-state index contributed by atoms with van der Waals surface area (Å²) in [4.78, 5) is 3.74. The predicted octanol–water partition coefficient (Wildman–Crippen LogP) is 1.20. The molecule has 0 aromatic carbocycles. The third kappa shape index (κ3) is 7.63. The maximum absolute atomic E-state index is 5.53. The first-order valence-corrected chi connectivity index (χ1v) is 3.45. The van der Waals surface area contributed by atoms with Gasteiger partial charge in [0.15, 0.2) is 0 Å². The van der Waals surface area contributed by atoms with Gasteiger partial charge in [-0.05, 0) is 26.5 Å². The summed E-state index contributed by atoms with van der Waals surface area (Å²) < 4.78 is 0. The second-order valence-electron chi connectivity index (χ2n) is 2.42. The summed E-state index contributed by atoms with van der Waals surface area (Å²) in [7, 11) is 0. The van der Waals surface area contributed by atoms with Gasteiger partial charge in [0.05, 0.1) is 0 Å². The summed E-state index contributed by atoms with van der Waals surface area (Å²) in [5.41, 5.74) is 5.53. The van der Waals surface area contributed by atoms with Crippen molar-refractivity contribution in [3.05, 3.63) is 0 Å². The Balaban J connectivity index is 2.82. The molecule has 2 N–H and O–H groups in total. The Labute approximate surface area is 57.2 Å². The summed E-state index contributed by atoms with van der Waals surface area (Å²) in [6.07, 6.45) is 3.41. The summed E-state index contributed by atoms with van der Waals surface area (Å²) in [6, 6.07) is 0.342. The first-order chi connectivity index (χ1) is 4.27. The molecule has 1 unspecified atom stereocenters. The molecule has 0 aliphatic rings. The SMILES string of the molecule is C=NCCCCC(C)N. The molecule has 9 heavy (non-hydrogen) atoms. The van der Waals surface area contributed by atoms with Crippen molar-refractivity contribution in [2.45, 2.75) is 32.2 Å². The quantitative estimate of drug-likeness (QED) is 0.438. The Morgan fingerprint density at radius 2 is 2.22 bits per heavy atom. The van der Waals surface area contributed by atoms with Crippen LogP contribution in [-0.4, -0.2) is 19.3 Å². The molecule has 0 aromatic heterocycles. The lowest BCUT2D eigenvalue weighted by Crippen LogP contribution is -2.14. The summed E-state index contributed by atoms with van der Waals surface area (Å²) in [5.74, 6) is 0. The fourth-order valence-corrected chi connectivity index (χ4v) is 0.690. The highest BCUT2D eigenvalue weighted by Gasteiger charge is 1.91. The minimum absolute atomic E-state index is 0.342. The fourth-order valence-electron chi connectivity index (χ4n) is 0.690. The second-order valence-corrected chi connectivity index (χ2v) is 2.42. The highest BCUT2D eigenvalue weighted by Crippen LogP contribution is 1.97.